The number of hydrogen-bond donors (Lipinski definition) is 1. The number of hydrogen-bond acceptors (Lipinski definition) is 7. The Kier molecular flexibility index (Phi) is 7.01. The van der Waals surface area contributed by atoms with Gasteiger partial charge in [0.25, 0.3) is 0 Å². The third-order valence-electron chi connectivity index (χ3n) is 3.49. The van der Waals surface area contributed by atoms with Crippen LogP contribution in [0.15, 0.2) is 28.6 Å². The molecule has 26 heavy (non-hydrogen) atoms. The highest BCUT2D eigenvalue weighted by atomic mass is 32.2. The monoisotopic (exact) mass is 414 g/mol. The van der Waals surface area contributed by atoms with E-state index in [1.54, 1.807) is 25.1 Å². The van der Waals surface area contributed by atoms with E-state index in [1.807, 2.05) is 19.9 Å². The smallest absolute Gasteiger partial charge is 0.250 e. The van der Waals surface area contributed by atoms with Gasteiger partial charge in [-0.05, 0) is 36.8 Å². The minimum absolute atomic E-state index is 0.322. The van der Waals surface area contributed by atoms with E-state index in [9.17, 15) is 13.2 Å². The first kappa shape index (κ1) is 20.7. The molecule has 2 rings (SSSR count). The number of amides is 1. The minimum Gasteiger partial charge on any atom is -0.299 e. The molecule has 1 atom stereocenters. The fourth-order valence-corrected chi connectivity index (χ4v) is 5.31. The number of aromatic nitrogens is 2. The van der Waals surface area contributed by atoms with Gasteiger partial charge in [0.05, 0.1) is 11.9 Å². The number of aryl methyl sites for hydroxylation is 1. The van der Waals surface area contributed by atoms with Gasteiger partial charge in [-0.25, -0.2) is 8.42 Å². The molecular weight excluding hydrogens is 392 g/mol. The Morgan fingerprint density at radius 2 is 2.08 bits per heavy atom. The average Bonchev–Trinajstić information content (AvgIpc) is 2.98. The van der Waals surface area contributed by atoms with Crippen molar-refractivity contribution in [3.63, 3.8) is 0 Å². The minimum atomic E-state index is -3.65. The number of thioether (sulfide) groups is 1. The second-order valence-corrected chi connectivity index (χ2v) is 9.97. The summed E-state index contributed by atoms with van der Waals surface area (Å²) in [5.74, 6) is 0.429. The van der Waals surface area contributed by atoms with E-state index < -0.39 is 22.0 Å². The number of nitrogens with one attached hydrogen (secondary N) is 1. The van der Waals surface area contributed by atoms with Crippen LogP contribution in [0, 0.1) is 6.92 Å². The van der Waals surface area contributed by atoms with Gasteiger partial charge in [-0.2, -0.15) is 0 Å². The topological polar surface area (TPSA) is 92.3 Å². The quantitative estimate of drug-likeness (QED) is 0.527. The summed E-state index contributed by atoms with van der Waals surface area (Å²) in [6, 6.07) is 6.20. The molecule has 0 unspecified atom stereocenters. The Labute approximate surface area is 162 Å². The van der Waals surface area contributed by atoms with Crippen LogP contribution in [0.2, 0.25) is 0 Å². The van der Waals surface area contributed by atoms with Crippen molar-refractivity contribution < 1.29 is 13.2 Å². The lowest BCUT2D eigenvalue weighted by molar-refractivity contribution is -0.117. The molecule has 1 heterocycles. The van der Waals surface area contributed by atoms with Crippen molar-refractivity contribution in [2.24, 2.45) is 0 Å². The number of carbonyl (C=O) groups is 1. The predicted molar refractivity (Wildman–Crippen MR) is 108 cm³/mol. The molecule has 7 nitrogen and oxygen atoms in total. The maximum absolute atomic E-state index is 12.8. The molecule has 1 N–H and O–H groups in total. The van der Waals surface area contributed by atoms with Crippen LogP contribution in [0.25, 0.3) is 0 Å². The number of carbonyl (C=O) groups excluding carboxylic acids is 1. The summed E-state index contributed by atoms with van der Waals surface area (Å²) < 4.78 is 26.7. The third kappa shape index (κ3) is 5.18. The maximum atomic E-state index is 12.8. The van der Waals surface area contributed by atoms with Crippen molar-refractivity contribution in [3.8, 4) is 0 Å². The molecule has 1 aromatic carbocycles. The van der Waals surface area contributed by atoms with E-state index in [0.717, 1.165) is 26.2 Å². The van der Waals surface area contributed by atoms with Crippen LogP contribution in [0.4, 0.5) is 10.8 Å². The van der Waals surface area contributed by atoms with Gasteiger partial charge in [0.2, 0.25) is 21.1 Å². The molecule has 0 radical (unpaired) electrons. The van der Waals surface area contributed by atoms with E-state index >= 15 is 0 Å². The standard InChI is InChI=1S/C16H22N4O3S3/c1-5-13(14(21)17-15-18-19-16(25-15)24-6-2)20(26(4,22)23)12-9-7-8-11(3)10-12/h7-10,13H,5-6H2,1-4H3,(H,17,18,21)/t13-/m1/s1. The molecule has 142 valence electrons. The van der Waals surface area contributed by atoms with Crippen molar-refractivity contribution in [3.05, 3.63) is 29.8 Å². The Bertz CT molecular complexity index is 867. The molecule has 10 heteroatoms. The molecule has 2 aromatic rings. The molecule has 0 aliphatic heterocycles. The summed E-state index contributed by atoms with van der Waals surface area (Å²) in [7, 11) is -3.65. The predicted octanol–water partition coefficient (Wildman–Crippen LogP) is 3.14. The first-order valence-corrected chi connectivity index (χ1v) is 11.7. The molecule has 0 aliphatic carbocycles. The highest BCUT2D eigenvalue weighted by Gasteiger charge is 2.32. The molecule has 1 amide bonds. The van der Waals surface area contributed by atoms with Crippen LogP contribution >= 0.6 is 23.1 Å². The summed E-state index contributed by atoms with van der Waals surface area (Å²) in [4.78, 5) is 12.8. The van der Waals surface area contributed by atoms with Gasteiger partial charge >= 0.3 is 0 Å². The lowest BCUT2D eigenvalue weighted by Gasteiger charge is -2.30. The van der Waals surface area contributed by atoms with Gasteiger partial charge in [-0.15, -0.1) is 10.2 Å². The summed E-state index contributed by atoms with van der Waals surface area (Å²) in [5.41, 5.74) is 1.38. The van der Waals surface area contributed by atoms with Crippen LogP contribution in [0.3, 0.4) is 0 Å². The van der Waals surface area contributed by atoms with Crippen molar-refractivity contribution in [2.45, 2.75) is 37.6 Å². The fraction of sp³-hybridized carbons (Fsp3) is 0.438. The van der Waals surface area contributed by atoms with E-state index in [0.29, 0.717) is 17.2 Å². The first-order chi connectivity index (χ1) is 12.3. The van der Waals surface area contributed by atoms with E-state index in [2.05, 4.69) is 15.5 Å². The van der Waals surface area contributed by atoms with Crippen molar-refractivity contribution in [1.82, 2.24) is 10.2 Å². The second kappa shape index (κ2) is 8.83. The zero-order valence-corrected chi connectivity index (χ0v) is 17.5. The molecule has 0 fully saturated rings. The van der Waals surface area contributed by atoms with Gasteiger partial charge in [-0.1, -0.05) is 49.1 Å². The number of rotatable bonds is 8. The molecule has 0 aliphatic rings. The summed E-state index contributed by atoms with van der Waals surface area (Å²) in [6.07, 6.45) is 1.43. The van der Waals surface area contributed by atoms with Gasteiger partial charge in [0.1, 0.15) is 6.04 Å². The highest BCUT2D eigenvalue weighted by Crippen LogP contribution is 2.27. The Morgan fingerprint density at radius 3 is 2.65 bits per heavy atom. The zero-order valence-electron chi connectivity index (χ0n) is 15.1. The average molecular weight is 415 g/mol. The number of anilines is 2. The summed E-state index contributed by atoms with van der Waals surface area (Å²) >= 11 is 2.81. The maximum Gasteiger partial charge on any atom is 0.250 e. The van der Waals surface area contributed by atoms with Gasteiger partial charge in [-0.3, -0.25) is 14.4 Å². The lowest BCUT2D eigenvalue weighted by atomic mass is 10.1. The van der Waals surface area contributed by atoms with Crippen LogP contribution in [0.1, 0.15) is 25.8 Å². The lowest BCUT2D eigenvalue weighted by Crippen LogP contribution is -2.47. The highest BCUT2D eigenvalue weighted by molar-refractivity contribution is 8.01. The van der Waals surface area contributed by atoms with E-state index in [-0.39, 0.29) is 0 Å². The molecular formula is C16H22N4O3S3. The zero-order chi connectivity index (χ0) is 19.3. The SMILES string of the molecule is CCSc1nnc(NC(=O)[C@@H](CC)N(c2cccc(C)c2)S(C)(=O)=O)s1. The van der Waals surface area contributed by atoms with Crippen LogP contribution in [-0.4, -0.2) is 42.6 Å². The van der Waals surface area contributed by atoms with E-state index in [1.165, 1.54) is 23.1 Å². The number of benzene rings is 1. The first-order valence-electron chi connectivity index (χ1n) is 8.09. The Hall–Kier alpha value is -1.65. The summed E-state index contributed by atoms with van der Waals surface area (Å²) in [6.45, 7) is 5.65. The molecule has 0 saturated carbocycles. The fourth-order valence-electron chi connectivity index (χ4n) is 2.46. The third-order valence-corrected chi connectivity index (χ3v) is 6.52. The van der Waals surface area contributed by atoms with Crippen molar-refractivity contribution in [2.75, 3.05) is 21.6 Å². The van der Waals surface area contributed by atoms with Crippen LogP contribution < -0.4 is 9.62 Å². The largest absolute Gasteiger partial charge is 0.299 e. The van der Waals surface area contributed by atoms with Gasteiger partial charge in [0.15, 0.2) is 4.34 Å². The van der Waals surface area contributed by atoms with E-state index in [4.69, 9.17) is 0 Å². The Balaban J connectivity index is 2.30. The van der Waals surface area contributed by atoms with Gasteiger partial charge in [0, 0.05) is 0 Å². The molecule has 0 spiro atoms. The molecule has 0 saturated heterocycles. The molecule has 1 aromatic heterocycles. The Morgan fingerprint density at radius 1 is 1.35 bits per heavy atom. The number of nitrogens with zero attached hydrogens (tertiary/aromatic N) is 3. The normalized spacial score (nSPS) is 12.6. The van der Waals surface area contributed by atoms with Gasteiger partial charge < -0.3 is 0 Å². The van der Waals surface area contributed by atoms with Crippen LogP contribution in [-0.2, 0) is 14.8 Å². The second-order valence-electron chi connectivity index (χ2n) is 5.62. The number of sulfonamides is 1. The molecule has 0 bridgehead atoms. The van der Waals surface area contributed by atoms with Crippen molar-refractivity contribution in [1.29, 1.82) is 0 Å². The van der Waals surface area contributed by atoms with Crippen LogP contribution in [0.5, 0.6) is 0 Å². The summed E-state index contributed by atoms with van der Waals surface area (Å²) in [5, 5.41) is 11.0. The van der Waals surface area contributed by atoms with Crippen molar-refractivity contribution >= 4 is 49.8 Å².